The predicted molar refractivity (Wildman–Crippen MR) is 119 cm³/mol. The molecule has 1 amide bonds. The van der Waals surface area contributed by atoms with Crippen molar-refractivity contribution in [2.75, 3.05) is 11.4 Å². The second kappa shape index (κ2) is 11.3. The summed E-state index contributed by atoms with van der Waals surface area (Å²) in [5.41, 5.74) is 0.623. The normalized spacial score (nSPS) is 23.6. The van der Waals surface area contributed by atoms with E-state index >= 15 is 0 Å². The molecule has 30 heavy (non-hydrogen) atoms. The van der Waals surface area contributed by atoms with Gasteiger partial charge in [0.15, 0.2) is 0 Å². The summed E-state index contributed by atoms with van der Waals surface area (Å²) >= 11 is 0. The first-order chi connectivity index (χ1) is 14.5. The molecule has 2 N–H and O–H groups in total. The first-order valence-corrected chi connectivity index (χ1v) is 13.1. The molecule has 3 rings (SSSR count). The summed E-state index contributed by atoms with van der Waals surface area (Å²) in [6, 6.07) is 6.37. The van der Waals surface area contributed by atoms with Gasteiger partial charge >= 0.3 is 0 Å². The summed E-state index contributed by atoms with van der Waals surface area (Å²) in [6.45, 7) is 0.451. The van der Waals surface area contributed by atoms with Gasteiger partial charge in [-0.25, -0.2) is 13.1 Å². The van der Waals surface area contributed by atoms with Crippen molar-refractivity contribution in [2.45, 2.75) is 101 Å². The Morgan fingerprint density at radius 2 is 1.30 bits per heavy atom. The lowest BCUT2D eigenvalue weighted by Crippen LogP contribution is -2.35. The standard InChI is InChI=1S/C23H36N2O4S/c26-22-17-18-25(23(22)27)20-13-15-21(16-14-20)30(28,29)24-19-11-9-7-5-3-1-2-4-6-8-10-12-19/h13-16,19,22,24,26H,1-12,17-18H2/t22-/m1/s1. The molecule has 2 aliphatic rings. The van der Waals surface area contributed by atoms with Crippen molar-refractivity contribution in [1.29, 1.82) is 0 Å². The highest BCUT2D eigenvalue weighted by Gasteiger charge is 2.31. The van der Waals surface area contributed by atoms with Gasteiger partial charge in [-0.05, 0) is 37.1 Å². The van der Waals surface area contributed by atoms with Gasteiger partial charge in [-0.3, -0.25) is 4.79 Å². The molecule has 1 saturated heterocycles. The topological polar surface area (TPSA) is 86.7 Å². The minimum absolute atomic E-state index is 0.0225. The van der Waals surface area contributed by atoms with Crippen molar-refractivity contribution < 1.29 is 18.3 Å². The molecule has 1 aliphatic carbocycles. The number of rotatable bonds is 4. The van der Waals surface area contributed by atoms with E-state index in [2.05, 4.69) is 4.72 Å². The van der Waals surface area contributed by atoms with Gasteiger partial charge in [0.25, 0.3) is 5.91 Å². The number of nitrogens with zero attached hydrogens (tertiary/aromatic N) is 1. The zero-order valence-electron chi connectivity index (χ0n) is 17.9. The van der Waals surface area contributed by atoms with E-state index in [1.165, 1.54) is 56.3 Å². The Bertz CT molecular complexity index is 765. The predicted octanol–water partition coefficient (Wildman–Crippen LogP) is 4.13. The SMILES string of the molecule is O=C1[C@H](O)CCN1c1ccc(S(=O)(=O)NC2CCCCCCCCCCCC2)cc1. The number of carbonyl (C=O) groups is 1. The van der Waals surface area contributed by atoms with Gasteiger partial charge in [0, 0.05) is 24.7 Å². The van der Waals surface area contributed by atoms with Gasteiger partial charge in [-0.2, -0.15) is 0 Å². The second-order valence-electron chi connectivity index (χ2n) is 8.72. The van der Waals surface area contributed by atoms with Crippen LogP contribution in [0.25, 0.3) is 0 Å². The zero-order valence-corrected chi connectivity index (χ0v) is 18.7. The van der Waals surface area contributed by atoms with E-state index in [0.717, 1.165) is 25.7 Å². The highest BCUT2D eigenvalue weighted by molar-refractivity contribution is 7.89. The van der Waals surface area contributed by atoms with Crippen molar-refractivity contribution in [2.24, 2.45) is 0 Å². The average molecular weight is 437 g/mol. The van der Waals surface area contributed by atoms with Gasteiger partial charge in [0.1, 0.15) is 6.10 Å². The Morgan fingerprint density at radius 3 is 1.77 bits per heavy atom. The third-order valence-corrected chi connectivity index (χ3v) is 7.85. The molecule has 168 valence electrons. The molecule has 1 atom stereocenters. The minimum Gasteiger partial charge on any atom is -0.383 e. The van der Waals surface area contributed by atoms with E-state index in [0.29, 0.717) is 18.7 Å². The van der Waals surface area contributed by atoms with Gasteiger partial charge < -0.3 is 10.0 Å². The Kier molecular flexibility index (Phi) is 8.72. The van der Waals surface area contributed by atoms with Crippen LogP contribution in [0, 0.1) is 0 Å². The molecular weight excluding hydrogens is 400 g/mol. The monoisotopic (exact) mass is 436 g/mol. The average Bonchev–Trinajstić information content (AvgIpc) is 3.07. The van der Waals surface area contributed by atoms with Crippen LogP contribution in [0.4, 0.5) is 5.69 Å². The van der Waals surface area contributed by atoms with E-state index < -0.39 is 16.1 Å². The number of sulfonamides is 1. The van der Waals surface area contributed by atoms with Crippen LogP contribution in [0.3, 0.4) is 0 Å². The van der Waals surface area contributed by atoms with Gasteiger partial charge in [-0.1, -0.05) is 64.2 Å². The fourth-order valence-electron chi connectivity index (χ4n) is 4.47. The molecule has 0 unspecified atom stereocenters. The Morgan fingerprint density at radius 1 is 0.800 bits per heavy atom. The Hall–Kier alpha value is -1.44. The van der Waals surface area contributed by atoms with E-state index in [4.69, 9.17) is 0 Å². The van der Waals surface area contributed by atoms with Crippen LogP contribution >= 0.6 is 0 Å². The number of hydrogen-bond donors (Lipinski definition) is 2. The molecule has 1 aromatic carbocycles. The molecule has 6 nitrogen and oxygen atoms in total. The molecule has 1 aliphatic heterocycles. The summed E-state index contributed by atoms with van der Waals surface area (Å²) in [5, 5.41) is 9.63. The molecule has 2 fully saturated rings. The van der Waals surface area contributed by atoms with Crippen LogP contribution in [-0.4, -0.2) is 38.1 Å². The fourth-order valence-corrected chi connectivity index (χ4v) is 5.78. The number of hydrogen-bond acceptors (Lipinski definition) is 4. The van der Waals surface area contributed by atoms with Crippen molar-refractivity contribution in [3.63, 3.8) is 0 Å². The Balaban J connectivity index is 1.62. The highest BCUT2D eigenvalue weighted by atomic mass is 32.2. The van der Waals surface area contributed by atoms with Crippen molar-refractivity contribution in [1.82, 2.24) is 4.72 Å². The maximum atomic E-state index is 12.9. The van der Waals surface area contributed by atoms with E-state index in [1.807, 2.05) is 0 Å². The molecule has 1 heterocycles. The smallest absolute Gasteiger partial charge is 0.255 e. The van der Waals surface area contributed by atoms with Crippen molar-refractivity contribution in [3.05, 3.63) is 24.3 Å². The van der Waals surface area contributed by atoms with Crippen molar-refractivity contribution >= 4 is 21.6 Å². The molecule has 0 spiro atoms. The van der Waals surface area contributed by atoms with Crippen LogP contribution < -0.4 is 9.62 Å². The molecule has 0 bridgehead atoms. The number of aliphatic hydroxyl groups excluding tert-OH is 1. The third-order valence-electron chi connectivity index (χ3n) is 6.31. The minimum atomic E-state index is -3.60. The first-order valence-electron chi connectivity index (χ1n) is 11.6. The number of benzene rings is 1. The maximum Gasteiger partial charge on any atom is 0.255 e. The maximum absolute atomic E-state index is 12.9. The number of anilines is 1. The summed E-state index contributed by atoms with van der Waals surface area (Å²) < 4.78 is 28.8. The lowest BCUT2D eigenvalue weighted by molar-refractivity contribution is -0.123. The summed E-state index contributed by atoms with van der Waals surface area (Å²) in [6.07, 6.45) is 13.4. The summed E-state index contributed by atoms with van der Waals surface area (Å²) in [5.74, 6) is -0.326. The van der Waals surface area contributed by atoms with Crippen LogP contribution in [0.15, 0.2) is 29.2 Å². The van der Waals surface area contributed by atoms with E-state index in [1.54, 1.807) is 24.3 Å². The Labute approximate surface area is 181 Å². The van der Waals surface area contributed by atoms with Crippen molar-refractivity contribution in [3.8, 4) is 0 Å². The molecule has 0 aromatic heterocycles. The van der Waals surface area contributed by atoms with Crippen LogP contribution in [0.5, 0.6) is 0 Å². The molecule has 7 heteroatoms. The number of aliphatic hydroxyl groups is 1. The number of carbonyl (C=O) groups excluding carboxylic acids is 1. The fraction of sp³-hybridized carbons (Fsp3) is 0.696. The second-order valence-corrected chi connectivity index (χ2v) is 10.4. The van der Waals surface area contributed by atoms with Crippen LogP contribution in [0.2, 0.25) is 0 Å². The first kappa shape index (κ1) is 23.2. The summed E-state index contributed by atoms with van der Waals surface area (Å²) in [7, 11) is -3.60. The largest absolute Gasteiger partial charge is 0.383 e. The van der Waals surface area contributed by atoms with Crippen LogP contribution in [0.1, 0.15) is 83.5 Å². The van der Waals surface area contributed by atoms with Crippen LogP contribution in [-0.2, 0) is 14.8 Å². The van der Waals surface area contributed by atoms with E-state index in [9.17, 15) is 18.3 Å². The lowest BCUT2D eigenvalue weighted by Gasteiger charge is -2.20. The molecule has 1 aromatic rings. The lowest BCUT2D eigenvalue weighted by atomic mass is 10.0. The highest BCUT2D eigenvalue weighted by Crippen LogP contribution is 2.24. The van der Waals surface area contributed by atoms with Gasteiger partial charge in [-0.15, -0.1) is 0 Å². The van der Waals surface area contributed by atoms with Gasteiger partial charge in [0.05, 0.1) is 4.90 Å². The number of amides is 1. The summed E-state index contributed by atoms with van der Waals surface area (Å²) in [4.78, 5) is 13.7. The quantitative estimate of drug-likeness (QED) is 0.743. The molecule has 1 saturated carbocycles. The third kappa shape index (κ3) is 6.53. The van der Waals surface area contributed by atoms with Gasteiger partial charge in [0.2, 0.25) is 10.0 Å². The molecular formula is C23H36N2O4S. The zero-order chi connectivity index (χ0) is 21.4. The van der Waals surface area contributed by atoms with E-state index in [-0.39, 0.29) is 16.8 Å². The molecule has 0 radical (unpaired) electrons. The number of nitrogens with one attached hydrogen (secondary N) is 1.